The van der Waals surface area contributed by atoms with Crippen molar-refractivity contribution in [1.82, 2.24) is 24.6 Å². The molecule has 0 bridgehead atoms. The summed E-state index contributed by atoms with van der Waals surface area (Å²) in [5, 5.41) is 16.2. The van der Waals surface area contributed by atoms with Crippen LogP contribution < -0.4 is 5.73 Å². The van der Waals surface area contributed by atoms with Gasteiger partial charge in [0.15, 0.2) is 5.84 Å². The Morgan fingerprint density at radius 3 is 2.62 bits per heavy atom. The van der Waals surface area contributed by atoms with Gasteiger partial charge in [0.05, 0.1) is 12.1 Å². The van der Waals surface area contributed by atoms with Gasteiger partial charge in [0, 0.05) is 32.7 Å². The zero-order chi connectivity index (χ0) is 15.5. The van der Waals surface area contributed by atoms with E-state index in [1.54, 1.807) is 6.33 Å². The number of aryl methyl sites for hydroxylation is 1. The van der Waals surface area contributed by atoms with E-state index >= 15 is 0 Å². The second-order valence-electron chi connectivity index (χ2n) is 5.80. The molecule has 3 N–H and O–H groups in total. The van der Waals surface area contributed by atoms with Crippen LogP contribution in [0.1, 0.15) is 26.6 Å². The third-order valence-corrected chi connectivity index (χ3v) is 4.26. The molecule has 8 heteroatoms. The fraction of sp³-hybridized carbons (Fsp3) is 0.769. The molecule has 1 saturated heterocycles. The number of piperazine rings is 1. The molecular weight excluding hydrogens is 270 g/mol. The highest BCUT2D eigenvalue weighted by Crippen LogP contribution is 2.18. The number of hydrogen-bond acceptors (Lipinski definition) is 6. The summed E-state index contributed by atoms with van der Waals surface area (Å²) < 4.78 is 1.92. The fourth-order valence-electron chi connectivity index (χ4n) is 2.62. The molecule has 1 aromatic rings. The molecule has 0 unspecified atom stereocenters. The van der Waals surface area contributed by atoms with E-state index in [-0.39, 0.29) is 5.84 Å². The molecule has 1 aliphatic heterocycles. The predicted molar refractivity (Wildman–Crippen MR) is 80.0 cm³/mol. The standard InChI is InChI=1S/C13H25N7O/c1-4-20-11(15-10-16-20)9-18-5-7-19(8-6-18)13(2,3)12(14)17-21/h10,21H,4-9H2,1-3H3,(H2,14,17). The molecule has 0 spiro atoms. The molecule has 0 amide bonds. The summed E-state index contributed by atoms with van der Waals surface area (Å²) in [5.41, 5.74) is 5.36. The molecule has 2 heterocycles. The maximum Gasteiger partial charge on any atom is 0.159 e. The smallest absolute Gasteiger partial charge is 0.159 e. The average Bonchev–Trinajstić information content (AvgIpc) is 2.94. The van der Waals surface area contributed by atoms with E-state index in [0.717, 1.165) is 45.1 Å². The lowest BCUT2D eigenvalue weighted by Crippen LogP contribution is -2.59. The minimum Gasteiger partial charge on any atom is -0.409 e. The van der Waals surface area contributed by atoms with E-state index in [1.807, 2.05) is 18.5 Å². The maximum absolute atomic E-state index is 8.89. The molecule has 8 nitrogen and oxygen atoms in total. The normalized spacial score (nSPS) is 19.1. The van der Waals surface area contributed by atoms with Gasteiger partial charge in [0.2, 0.25) is 0 Å². The van der Waals surface area contributed by atoms with Crippen LogP contribution in [0.4, 0.5) is 0 Å². The van der Waals surface area contributed by atoms with Crippen molar-refractivity contribution in [3.8, 4) is 0 Å². The van der Waals surface area contributed by atoms with Gasteiger partial charge < -0.3 is 10.9 Å². The van der Waals surface area contributed by atoms with Crippen LogP contribution >= 0.6 is 0 Å². The number of nitrogens with two attached hydrogens (primary N) is 1. The van der Waals surface area contributed by atoms with E-state index in [1.165, 1.54) is 0 Å². The van der Waals surface area contributed by atoms with Gasteiger partial charge in [-0.15, -0.1) is 0 Å². The molecule has 0 aromatic carbocycles. The van der Waals surface area contributed by atoms with Gasteiger partial charge >= 0.3 is 0 Å². The summed E-state index contributed by atoms with van der Waals surface area (Å²) in [5.74, 6) is 1.25. The van der Waals surface area contributed by atoms with Gasteiger partial charge in [-0.05, 0) is 20.8 Å². The molecule has 0 atom stereocenters. The Kier molecular flexibility index (Phi) is 4.79. The van der Waals surface area contributed by atoms with Crippen LogP contribution in [0, 0.1) is 0 Å². The predicted octanol–water partition coefficient (Wildman–Crippen LogP) is -0.0594. The highest BCUT2D eigenvalue weighted by molar-refractivity contribution is 5.88. The molecule has 21 heavy (non-hydrogen) atoms. The van der Waals surface area contributed by atoms with Crippen LogP contribution in [0.3, 0.4) is 0 Å². The van der Waals surface area contributed by atoms with Crippen molar-refractivity contribution in [2.24, 2.45) is 10.9 Å². The summed E-state index contributed by atoms with van der Waals surface area (Å²) in [6, 6.07) is 0. The summed E-state index contributed by atoms with van der Waals surface area (Å²) in [6.45, 7) is 11.3. The Labute approximate surface area is 125 Å². The van der Waals surface area contributed by atoms with Crippen LogP contribution in [0.25, 0.3) is 0 Å². The summed E-state index contributed by atoms with van der Waals surface area (Å²) in [7, 11) is 0. The Morgan fingerprint density at radius 2 is 2.05 bits per heavy atom. The number of hydrogen-bond donors (Lipinski definition) is 2. The van der Waals surface area contributed by atoms with Crippen molar-refractivity contribution in [1.29, 1.82) is 0 Å². The number of oxime groups is 1. The van der Waals surface area contributed by atoms with E-state index in [2.05, 4.69) is 32.0 Å². The molecule has 0 radical (unpaired) electrons. The van der Waals surface area contributed by atoms with Gasteiger partial charge in [0.1, 0.15) is 12.2 Å². The van der Waals surface area contributed by atoms with Crippen molar-refractivity contribution < 1.29 is 5.21 Å². The maximum atomic E-state index is 8.89. The molecule has 1 aliphatic rings. The number of aromatic nitrogens is 3. The summed E-state index contributed by atoms with van der Waals surface area (Å²) in [6.07, 6.45) is 1.61. The third kappa shape index (κ3) is 3.33. The van der Waals surface area contributed by atoms with Crippen molar-refractivity contribution in [2.75, 3.05) is 26.2 Å². The number of nitrogens with zero attached hydrogens (tertiary/aromatic N) is 6. The summed E-state index contributed by atoms with van der Waals surface area (Å²) >= 11 is 0. The second kappa shape index (κ2) is 6.40. The van der Waals surface area contributed by atoms with Crippen LogP contribution in [0.15, 0.2) is 11.5 Å². The van der Waals surface area contributed by atoms with E-state index < -0.39 is 5.54 Å². The largest absolute Gasteiger partial charge is 0.409 e. The van der Waals surface area contributed by atoms with Crippen LogP contribution in [-0.2, 0) is 13.1 Å². The first-order chi connectivity index (χ1) is 9.98. The molecule has 2 rings (SSSR count). The SMILES string of the molecule is CCn1ncnc1CN1CCN(C(C)(C)C(N)=NO)CC1. The van der Waals surface area contributed by atoms with Gasteiger partial charge in [0.25, 0.3) is 0 Å². The van der Waals surface area contributed by atoms with Gasteiger partial charge in [-0.2, -0.15) is 5.10 Å². The highest BCUT2D eigenvalue weighted by atomic mass is 16.4. The lowest BCUT2D eigenvalue weighted by molar-refractivity contribution is 0.0773. The monoisotopic (exact) mass is 295 g/mol. The van der Waals surface area contributed by atoms with Crippen molar-refractivity contribution in [2.45, 2.75) is 39.4 Å². The number of rotatable bonds is 5. The zero-order valence-electron chi connectivity index (χ0n) is 13.0. The first kappa shape index (κ1) is 15.7. The van der Waals surface area contributed by atoms with Crippen molar-refractivity contribution in [3.63, 3.8) is 0 Å². The highest BCUT2D eigenvalue weighted by Gasteiger charge is 2.33. The minimum absolute atomic E-state index is 0.252. The zero-order valence-corrected chi connectivity index (χ0v) is 13.0. The van der Waals surface area contributed by atoms with Crippen LogP contribution in [0.5, 0.6) is 0 Å². The topological polar surface area (TPSA) is 95.8 Å². The average molecular weight is 295 g/mol. The van der Waals surface area contributed by atoms with Gasteiger partial charge in [-0.25, -0.2) is 9.67 Å². The second-order valence-corrected chi connectivity index (χ2v) is 5.80. The molecule has 1 aromatic heterocycles. The summed E-state index contributed by atoms with van der Waals surface area (Å²) in [4.78, 5) is 8.91. The van der Waals surface area contributed by atoms with Crippen molar-refractivity contribution >= 4 is 5.84 Å². The molecule has 0 aliphatic carbocycles. The van der Waals surface area contributed by atoms with Gasteiger partial charge in [-0.3, -0.25) is 9.80 Å². The quantitative estimate of drug-likeness (QED) is 0.342. The van der Waals surface area contributed by atoms with E-state index in [9.17, 15) is 0 Å². The minimum atomic E-state index is -0.426. The third-order valence-electron chi connectivity index (χ3n) is 4.26. The molecular formula is C13H25N7O. The van der Waals surface area contributed by atoms with Crippen LogP contribution in [0.2, 0.25) is 0 Å². The molecule has 0 saturated carbocycles. The van der Waals surface area contributed by atoms with E-state index in [0.29, 0.717) is 0 Å². The lowest BCUT2D eigenvalue weighted by atomic mass is 10.0. The molecule has 118 valence electrons. The van der Waals surface area contributed by atoms with Crippen molar-refractivity contribution in [3.05, 3.63) is 12.2 Å². The Hall–Kier alpha value is -1.67. The Bertz CT molecular complexity index is 488. The van der Waals surface area contributed by atoms with E-state index in [4.69, 9.17) is 10.9 Å². The number of amidine groups is 1. The first-order valence-corrected chi connectivity index (χ1v) is 7.31. The lowest BCUT2D eigenvalue weighted by Gasteiger charge is -2.43. The molecule has 1 fully saturated rings. The Morgan fingerprint density at radius 1 is 1.38 bits per heavy atom. The Balaban J connectivity index is 1.92. The van der Waals surface area contributed by atoms with Crippen LogP contribution in [-0.4, -0.2) is 67.3 Å². The van der Waals surface area contributed by atoms with Gasteiger partial charge in [-0.1, -0.05) is 5.16 Å². The fourth-order valence-corrected chi connectivity index (χ4v) is 2.62. The first-order valence-electron chi connectivity index (χ1n) is 7.31.